The SMILES string of the molecule is CC1(C)C2CC(NS(=O)(=O)C=Cc3ccc(Cl)cc3)C(CCO)C1C2. The van der Waals surface area contributed by atoms with Crippen molar-refractivity contribution < 1.29 is 13.5 Å². The van der Waals surface area contributed by atoms with Gasteiger partial charge in [0.15, 0.2) is 0 Å². The van der Waals surface area contributed by atoms with E-state index in [0.29, 0.717) is 23.3 Å². The van der Waals surface area contributed by atoms with Crippen LogP contribution in [-0.2, 0) is 10.0 Å². The Balaban J connectivity index is 1.70. The van der Waals surface area contributed by atoms with E-state index in [-0.39, 0.29) is 24.0 Å². The molecule has 0 radical (unpaired) electrons. The smallest absolute Gasteiger partial charge is 0.233 e. The van der Waals surface area contributed by atoms with E-state index in [1.165, 1.54) is 5.41 Å². The molecule has 6 heteroatoms. The number of aliphatic hydroxyl groups excluding tert-OH is 1. The van der Waals surface area contributed by atoms with Crippen LogP contribution in [0.15, 0.2) is 29.7 Å². The van der Waals surface area contributed by atoms with Gasteiger partial charge in [0.2, 0.25) is 10.0 Å². The lowest BCUT2D eigenvalue weighted by atomic mass is 9.44. The molecule has 3 aliphatic carbocycles. The first-order chi connectivity index (χ1) is 11.7. The van der Waals surface area contributed by atoms with Crippen molar-refractivity contribution in [2.45, 2.75) is 39.2 Å². The molecule has 0 amide bonds. The Morgan fingerprint density at radius 2 is 1.96 bits per heavy atom. The minimum Gasteiger partial charge on any atom is -0.396 e. The standard InChI is InChI=1S/C19H26ClNO3S/c1-19(2)14-11-17(19)16(7-9-22)18(12-14)21-25(23,24)10-8-13-3-5-15(20)6-4-13/h3-6,8,10,14,16-18,21-22H,7,9,11-12H2,1-2H3. The summed E-state index contributed by atoms with van der Waals surface area (Å²) >= 11 is 5.84. The van der Waals surface area contributed by atoms with Crippen molar-refractivity contribution in [1.82, 2.24) is 4.72 Å². The molecule has 1 aromatic rings. The minimum absolute atomic E-state index is 0.0937. The summed E-state index contributed by atoms with van der Waals surface area (Å²) in [4.78, 5) is 0. The predicted molar refractivity (Wildman–Crippen MR) is 102 cm³/mol. The maximum atomic E-state index is 12.5. The summed E-state index contributed by atoms with van der Waals surface area (Å²) in [6, 6.07) is 6.93. The Kier molecular flexibility index (Phi) is 5.31. The van der Waals surface area contributed by atoms with Gasteiger partial charge >= 0.3 is 0 Å². The van der Waals surface area contributed by atoms with Gasteiger partial charge in [0.25, 0.3) is 0 Å². The van der Waals surface area contributed by atoms with Gasteiger partial charge in [-0.2, -0.15) is 0 Å². The molecule has 2 bridgehead atoms. The number of fused-ring (bicyclic) bond motifs is 2. The molecule has 1 aromatic carbocycles. The molecule has 3 saturated carbocycles. The monoisotopic (exact) mass is 383 g/mol. The second-order valence-corrected chi connectivity index (χ2v) is 9.93. The number of hydrogen-bond donors (Lipinski definition) is 2. The molecule has 138 valence electrons. The average Bonchev–Trinajstić information content (AvgIpc) is 2.55. The fourth-order valence-electron chi connectivity index (χ4n) is 4.62. The summed E-state index contributed by atoms with van der Waals surface area (Å²) in [5.74, 6) is 1.23. The molecule has 4 unspecified atom stereocenters. The number of benzene rings is 1. The third-order valence-corrected chi connectivity index (χ3v) is 7.58. The Morgan fingerprint density at radius 3 is 2.56 bits per heavy atom. The fourth-order valence-corrected chi connectivity index (χ4v) is 5.86. The molecule has 0 saturated heterocycles. The third-order valence-electron chi connectivity index (χ3n) is 6.21. The van der Waals surface area contributed by atoms with Gasteiger partial charge in [-0.05, 0) is 66.2 Å². The number of hydrogen-bond acceptors (Lipinski definition) is 3. The Morgan fingerprint density at radius 1 is 1.28 bits per heavy atom. The zero-order chi connectivity index (χ0) is 18.2. The topological polar surface area (TPSA) is 66.4 Å². The van der Waals surface area contributed by atoms with Gasteiger partial charge in [-0.3, -0.25) is 0 Å². The zero-order valence-corrected chi connectivity index (χ0v) is 16.2. The third kappa shape index (κ3) is 3.95. The van der Waals surface area contributed by atoms with E-state index in [1.54, 1.807) is 30.3 Å². The molecule has 0 aliphatic heterocycles. The van der Waals surface area contributed by atoms with Crippen molar-refractivity contribution in [2.75, 3.05) is 6.61 Å². The molecule has 25 heavy (non-hydrogen) atoms. The highest BCUT2D eigenvalue weighted by molar-refractivity contribution is 7.92. The first kappa shape index (κ1) is 18.9. The lowest BCUT2D eigenvalue weighted by Gasteiger charge is -2.62. The van der Waals surface area contributed by atoms with Crippen LogP contribution >= 0.6 is 11.6 Å². The second-order valence-electron chi connectivity index (χ2n) is 7.90. The van der Waals surface area contributed by atoms with Crippen molar-refractivity contribution in [3.63, 3.8) is 0 Å². The first-order valence-corrected chi connectivity index (χ1v) is 10.7. The summed E-state index contributed by atoms with van der Waals surface area (Å²) in [6.07, 6.45) is 4.22. The number of rotatable bonds is 6. The van der Waals surface area contributed by atoms with Gasteiger partial charge in [0.05, 0.1) is 0 Å². The molecule has 3 fully saturated rings. The lowest BCUT2D eigenvalue weighted by molar-refractivity contribution is -0.121. The molecular weight excluding hydrogens is 358 g/mol. The summed E-state index contributed by atoms with van der Waals surface area (Å²) in [5, 5.41) is 11.3. The highest BCUT2D eigenvalue weighted by atomic mass is 35.5. The van der Waals surface area contributed by atoms with E-state index < -0.39 is 10.0 Å². The molecule has 2 N–H and O–H groups in total. The maximum Gasteiger partial charge on any atom is 0.233 e. The summed E-state index contributed by atoms with van der Waals surface area (Å²) in [5.41, 5.74) is 1.04. The van der Waals surface area contributed by atoms with Crippen molar-refractivity contribution >= 4 is 27.7 Å². The van der Waals surface area contributed by atoms with Crippen LogP contribution in [0.4, 0.5) is 0 Å². The van der Waals surface area contributed by atoms with E-state index in [2.05, 4.69) is 18.6 Å². The fraction of sp³-hybridized carbons (Fsp3) is 0.579. The van der Waals surface area contributed by atoms with Gasteiger partial charge in [-0.25, -0.2) is 13.1 Å². The number of nitrogens with one attached hydrogen (secondary N) is 1. The maximum absolute atomic E-state index is 12.5. The highest BCUT2D eigenvalue weighted by Crippen LogP contribution is 2.62. The van der Waals surface area contributed by atoms with E-state index in [4.69, 9.17) is 11.6 Å². The van der Waals surface area contributed by atoms with Crippen LogP contribution in [0.1, 0.15) is 38.7 Å². The van der Waals surface area contributed by atoms with Crippen molar-refractivity contribution in [2.24, 2.45) is 23.2 Å². The van der Waals surface area contributed by atoms with Gasteiger partial charge in [-0.1, -0.05) is 37.6 Å². The van der Waals surface area contributed by atoms with Crippen molar-refractivity contribution in [1.29, 1.82) is 0 Å². The number of aliphatic hydroxyl groups is 1. The molecule has 3 aliphatic rings. The molecule has 0 spiro atoms. The molecular formula is C19H26ClNO3S. The van der Waals surface area contributed by atoms with Crippen LogP contribution in [-0.4, -0.2) is 26.2 Å². The second kappa shape index (κ2) is 7.03. The van der Waals surface area contributed by atoms with Gasteiger partial charge < -0.3 is 5.11 Å². The number of halogens is 1. The van der Waals surface area contributed by atoms with Gasteiger partial charge in [0.1, 0.15) is 0 Å². The summed E-state index contributed by atoms with van der Waals surface area (Å²) in [7, 11) is -3.53. The van der Waals surface area contributed by atoms with Crippen LogP contribution in [0.25, 0.3) is 6.08 Å². The van der Waals surface area contributed by atoms with Crippen LogP contribution in [0.2, 0.25) is 5.02 Å². The predicted octanol–water partition coefficient (Wildman–Crippen LogP) is 3.66. The first-order valence-electron chi connectivity index (χ1n) is 8.80. The van der Waals surface area contributed by atoms with Crippen molar-refractivity contribution in [3.8, 4) is 0 Å². The minimum atomic E-state index is -3.53. The van der Waals surface area contributed by atoms with E-state index >= 15 is 0 Å². The van der Waals surface area contributed by atoms with Crippen LogP contribution < -0.4 is 4.72 Å². The highest BCUT2D eigenvalue weighted by Gasteiger charge is 2.57. The summed E-state index contributed by atoms with van der Waals surface area (Å²) in [6.45, 7) is 4.63. The van der Waals surface area contributed by atoms with Crippen LogP contribution in [0.5, 0.6) is 0 Å². The van der Waals surface area contributed by atoms with E-state index in [0.717, 1.165) is 18.4 Å². The molecule has 0 heterocycles. The van der Waals surface area contributed by atoms with Gasteiger partial charge in [-0.15, -0.1) is 0 Å². The van der Waals surface area contributed by atoms with Crippen molar-refractivity contribution in [3.05, 3.63) is 40.3 Å². The zero-order valence-electron chi connectivity index (χ0n) is 14.7. The Hall–Kier alpha value is -0.880. The molecule has 4 nitrogen and oxygen atoms in total. The van der Waals surface area contributed by atoms with Crippen LogP contribution in [0.3, 0.4) is 0 Å². The average molecular weight is 384 g/mol. The number of sulfonamides is 1. The van der Waals surface area contributed by atoms with E-state index in [1.807, 2.05) is 0 Å². The Labute approximate surface area is 155 Å². The molecule has 4 atom stereocenters. The molecule has 0 aromatic heterocycles. The normalized spacial score (nSPS) is 31.0. The van der Waals surface area contributed by atoms with E-state index in [9.17, 15) is 13.5 Å². The largest absolute Gasteiger partial charge is 0.396 e. The lowest BCUT2D eigenvalue weighted by Crippen LogP contribution is -2.61. The summed E-state index contributed by atoms with van der Waals surface area (Å²) < 4.78 is 27.8. The van der Waals surface area contributed by atoms with Gasteiger partial charge in [0, 0.05) is 23.1 Å². The Bertz CT molecular complexity index is 742. The molecule has 4 rings (SSSR count). The quantitative estimate of drug-likeness (QED) is 0.787. The van der Waals surface area contributed by atoms with Crippen LogP contribution in [0, 0.1) is 23.2 Å².